The van der Waals surface area contributed by atoms with E-state index in [-0.39, 0.29) is 49.3 Å². The van der Waals surface area contributed by atoms with Gasteiger partial charge >= 0.3 is 0 Å². The van der Waals surface area contributed by atoms with Gasteiger partial charge in [-0.25, -0.2) is 0 Å². The van der Waals surface area contributed by atoms with E-state index in [0.717, 1.165) is 42.3 Å². The first kappa shape index (κ1) is 33.3. The fraction of sp³-hybridized carbons (Fsp3) is 0.559. The number of nitrogens with zero attached hydrogens (tertiary/aromatic N) is 2. The van der Waals surface area contributed by atoms with Gasteiger partial charge in [-0.05, 0) is 81.2 Å². The van der Waals surface area contributed by atoms with E-state index in [2.05, 4.69) is 26.6 Å². The number of carbonyl (C=O) groups is 3. The number of amides is 3. The number of halogens is 2. The third-order valence-electron chi connectivity index (χ3n) is 10.4. The largest absolute Gasteiger partial charge is 0.394 e. The molecule has 1 spiro atoms. The van der Waals surface area contributed by atoms with E-state index in [0.29, 0.717) is 30.0 Å². The van der Waals surface area contributed by atoms with Crippen LogP contribution in [-0.4, -0.2) is 74.5 Å². The van der Waals surface area contributed by atoms with E-state index in [1.54, 1.807) is 22.9 Å². The van der Waals surface area contributed by atoms with Gasteiger partial charge in [-0.2, -0.15) is 0 Å². The summed E-state index contributed by atoms with van der Waals surface area (Å²) in [6.45, 7) is 7.48. The van der Waals surface area contributed by atoms with Crippen LogP contribution in [0.2, 0.25) is 18.6 Å². The van der Waals surface area contributed by atoms with Gasteiger partial charge < -0.3 is 34.4 Å². The van der Waals surface area contributed by atoms with Crippen LogP contribution in [0.15, 0.2) is 46.9 Å². The number of carbonyl (C=O) groups excluding carboxylic acids is 3. The standard InChI is InChI=1S/C34H44BrFN4O5Si/c1-21-31(46(2,3)36)29(17-30(42)39-15-5-7-26(39)20-41)45-34(21)27-16-24(35)10-13-28(27)40(33(34)44)19-22-8-11-25(12-9-22)38-32(43)23-6-4-14-37-18-23/h8-13,16,21,23,26,29,31,37,41H,4-7,14-15,17-20H2,1-3H3,(H,38,43)/t21-,23?,26+,29+,31-,34+/m1/s1. The van der Waals surface area contributed by atoms with Crippen molar-refractivity contribution in [1.29, 1.82) is 0 Å². The lowest BCUT2D eigenvalue weighted by Crippen LogP contribution is -2.45. The van der Waals surface area contributed by atoms with Gasteiger partial charge in [0.1, 0.15) is 0 Å². The van der Waals surface area contributed by atoms with Crippen LogP contribution in [0.4, 0.5) is 15.5 Å². The number of anilines is 2. The minimum Gasteiger partial charge on any atom is -0.394 e. The maximum absolute atomic E-state index is 16.2. The van der Waals surface area contributed by atoms with Crippen LogP contribution in [0.25, 0.3) is 0 Å². The van der Waals surface area contributed by atoms with E-state index >= 15 is 4.11 Å². The third kappa shape index (κ3) is 6.07. The minimum atomic E-state index is -3.43. The molecule has 3 N–H and O–H groups in total. The molecule has 1 unspecified atom stereocenters. The molecule has 3 fully saturated rings. The summed E-state index contributed by atoms with van der Waals surface area (Å²) in [7, 11) is -3.43. The highest BCUT2D eigenvalue weighted by molar-refractivity contribution is 9.10. The fourth-order valence-electron chi connectivity index (χ4n) is 8.22. The normalized spacial score (nSPS) is 29.4. The molecule has 2 aromatic rings. The summed E-state index contributed by atoms with van der Waals surface area (Å²) in [5, 5.41) is 16.1. The van der Waals surface area contributed by atoms with Crippen molar-refractivity contribution in [1.82, 2.24) is 10.2 Å². The lowest BCUT2D eigenvalue weighted by atomic mass is 9.82. The second kappa shape index (κ2) is 13.1. The van der Waals surface area contributed by atoms with Gasteiger partial charge in [0.05, 0.1) is 43.3 Å². The Labute approximate surface area is 279 Å². The van der Waals surface area contributed by atoms with Crippen LogP contribution in [0.5, 0.6) is 0 Å². The van der Waals surface area contributed by atoms with Gasteiger partial charge in [-0.3, -0.25) is 14.4 Å². The number of likely N-dealkylation sites (tertiary alicyclic amines) is 1. The highest BCUT2D eigenvalue weighted by Gasteiger charge is 2.67. The second-order valence-corrected chi connectivity index (χ2v) is 18.5. The predicted octanol–water partition coefficient (Wildman–Crippen LogP) is 5.08. The van der Waals surface area contributed by atoms with Crippen molar-refractivity contribution in [3.8, 4) is 0 Å². The molecule has 46 heavy (non-hydrogen) atoms. The molecule has 9 nitrogen and oxygen atoms in total. The first-order valence-electron chi connectivity index (χ1n) is 16.4. The van der Waals surface area contributed by atoms with Crippen LogP contribution in [0, 0.1) is 11.8 Å². The number of fused-ring (bicyclic) bond motifs is 2. The lowest BCUT2D eigenvalue weighted by Gasteiger charge is -2.31. The number of nitrogens with one attached hydrogen (secondary N) is 2. The van der Waals surface area contributed by atoms with Gasteiger partial charge in [0.15, 0.2) is 5.60 Å². The number of piperidine rings is 1. The van der Waals surface area contributed by atoms with Gasteiger partial charge in [-0.15, -0.1) is 0 Å². The molecule has 12 heteroatoms. The molecule has 0 aliphatic carbocycles. The van der Waals surface area contributed by atoms with Crippen LogP contribution in [-0.2, 0) is 31.3 Å². The summed E-state index contributed by atoms with van der Waals surface area (Å²) in [6, 6.07) is 12.9. The van der Waals surface area contributed by atoms with Gasteiger partial charge in [-0.1, -0.05) is 35.0 Å². The maximum atomic E-state index is 16.2. The molecule has 6 atom stereocenters. The number of ether oxygens (including phenoxy) is 1. The topological polar surface area (TPSA) is 111 Å². The first-order chi connectivity index (χ1) is 21.9. The zero-order valence-electron chi connectivity index (χ0n) is 26.7. The lowest BCUT2D eigenvalue weighted by molar-refractivity contribution is -0.150. The smallest absolute Gasteiger partial charge is 0.264 e. The van der Waals surface area contributed by atoms with E-state index < -0.39 is 31.6 Å². The highest BCUT2D eigenvalue weighted by atomic mass is 79.9. The van der Waals surface area contributed by atoms with Crippen molar-refractivity contribution >= 4 is 53.4 Å². The first-order valence-corrected chi connectivity index (χ1v) is 20.2. The van der Waals surface area contributed by atoms with Gasteiger partial charge in [0.25, 0.3) is 5.91 Å². The molecule has 0 saturated carbocycles. The Hall–Kier alpha value is -2.64. The maximum Gasteiger partial charge on any atom is 0.264 e. The van der Waals surface area contributed by atoms with Crippen molar-refractivity contribution in [2.24, 2.45) is 11.8 Å². The summed E-state index contributed by atoms with van der Waals surface area (Å²) in [4.78, 5) is 44.3. The second-order valence-electron chi connectivity index (χ2n) is 13.8. The van der Waals surface area contributed by atoms with Gasteiger partial charge in [0, 0.05) is 40.3 Å². The number of hydrogen-bond acceptors (Lipinski definition) is 6. The Balaban J connectivity index is 1.26. The molecule has 6 rings (SSSR count). The van der Waals surface area contributed by atoms with E-state index in [1.807, 2.05) is 49.4 Å². The van der Waals surface area contributed by atoms with Crippen molar-refractivity contribution in [2.75, 3.05) is 36.5 Å². The number of rotatable bonds is 8. The molecular weight excluding hydrogens is 671 g/mol. The number of aliphatic hydroxyl groups excluding tert-OH is 1. The van der Waals surface area contributed by atoms with Crippen LogP contribution in [0.3, 0.4) is 0 Å². The van der Waals surface area contributed by atoms with E-state index in [9.17, 15) is 19.5 Å². The molecule has 0 bridgehead atoms. The Morgan fingerprint density at radius 2 is 1.93 bits per heavy atom. The number of aliphatic hydroxyl groups is 1. The summed E-state index contributed by atoms with van der Waals surface area (Å²) in [5.74, 6) is -0.993. The Kier molecular flexibility index (Phi) is 9.48. The average molecular weight is 716 g/mol. The molecule has 4 heterocycles. The van der Waals surface area contributed by atoms with E-state index in [4.69, 9.17) is 4.74 Å². The van der Waals surface area contributed by atoms with Crippen LogP contribution < -0.4 is 15.5 Å². The predicted molar refractivity (Wildman–Crippen MR) is 180 cm³/mol. The van der Waals surface area contributed by atoms with Crippen molar-refractivity contribution in [3.05, 3.63) is 58.1 Å². The molecule has 3 saturated heterocycles. The third-order valence-corrected chi connectivity index (χ3v) is 13.4. The average Bonchev–Trinajstić information content (AvgIpc) is 3.69. The monoisotopic (exact) mass is 714 g/mol. The zero-order chi connectivity index (χ0) is 32.8. The fourth-order valence-corrected chi connectivity index (χ4v) is 11.1. The molecule has 2 aromatic carbocycles. The summed E-state index contributed by atoms with van der Waals surface area (Å²) in [5.41, 5.74) is 0.920. The Morgan fingerprint density at radius 3 is 2.61 bits per heavy atom. The molecule has 248 valence electrons. The number of hydrogen-bond donors (Lipinski definition) is 3. The summed E-state index contributed by atoms with van der Waals surface area (Å²) in [6.07, 6.45) is 2.59. The number of benzene rings is 2. The Morgan fingerprint density at radius 1 is 1.17 bits per heavy atom. The quantitative estimate of drug-likeness (QED) is 0.260. The zero-order valence-corrected chi connectivity index (χ0v) is 29.3. The summed E-state index contributed by atoms with van der Waals surface area (Å²) >= 11 is 3.57. The minimum absolute atomic E-state index is 0.00188. The molecule has 3 amide bonds. The SMILES string of the molecule is C[C@@H]1[C@@H]([Si](C)(C)F)[C@H](CC(=O)N2CCC[C@H]2CO)O[C@@]12C(=O)N(Cc1ccc(NC(=O)C3CCCNC3)cc1)c1ccc(Br)cc12. The van der Waals surface area contributed by atoms with Crippen molar-refractivity contribution < 1.29 is 28.3 Å². The molecule has 4 aliphatic heterocycles. The Bertz CT molecular complexity index is 1480. The van der Waals surface area contributed by atoms with Crippen molar-refractivity contribution in [3.63, 3.8) is 0 Å². The van der Waals surface area contributed by atoms with Gasteiger partial charge in [0.2, 0.25) is 20.2 Å². The molecule has 0 radical (unpaired) electrons. The molecule has 0 aromatic heterocycles. The molecular formula is C34H44BrFN4O5Si. The molecule has 4 aliphatic rings. The van der Waals surface area contributed by atoms with Crippen LogP contribution >= 0.6 is 15.9 Å². The van der Waals surface area contributed by atoms with E-state index in [1.165, 1.54) is 0 Å². The van der Waals surface area contributed by atoms with Crippen molar-refractivity contribution in [2.45, 2.75) is 82.0 Å². The van der Waals surface area contributed by atoms with Crippen LogP contribution in [0.1, 0.15) is 50.2 Å². The summed E-state index contributed by atoms with van der Waals surface area (Å²) < 4.78 is 23.7. The highest BCUT2D eigenvalue weighted by Crippen LogP contribution is 2.60.